The monoisotopic (exact) mass is 527 g/mol. The minimum atomic E-state index is -1.02. The van der Waals surface area contributed by atoms with Crippen LogP contribution in [0.15, 0.2) is 92.6 Å². The van der Waals surface area contributed by atoms with Crippen molar-refractivity contribution < 1.29 is 14.7 Å². The molecule has 0 unspecified atom stereocenters. The molecule has 0 atom stereocenters. The molecule has 184 valence electrons. The van der Waals surface area contributed by atoms with E-state index in [9.17, 15) is 14.9 Å². The van der Waals surface area contributed by atoms with E-state index in [1.54, 1.807) is 34.9 Å². The van der Waals surface area contributed by atoms with Gasteiger partial charge in [-0.15, -0.1) is 0 Å². The van der Waals surface area contributed by atoms with Crippen molar-refractivity contribution in [2.24, 2.45) is 4.99 Å². The number of aliphatic carboxylic acids is 1. The highest BCUT2D eigenvalue weighted by atomic mass is 32.2. The number of nitrogens with one attached hydrogen (secondary N) is 1. The van der Waals surface area contributed by atoms with Crippen molar-refractivity contribution in [1.29, 1.82) is 5.26 Å². The van der Waals surface area contributed by atoms with Crippen LogP contribution in [0.2, 0.25) is 0 Å². The maximum absolute atomic E-state index is 13.8. The topological polar surface area (TPSA) is 109 Å². The molecule has 3 aromatic carbocycles. The number of carbonyl (C=O) groups is 2. The number of thioether (sulfide) groups is 2. The fraction of sp³-hybridized carbons (Fsp3) is 0.111. The van der Waals surface area contributed by atoms with Crippen molar-refractivity contribution in [2.75, 3.05) is 23.8 Å². The third-order valence-electron chi connectivity index (χ3n) is 5.75. The first-order valence-corrected chi connectivity index (χ1v) is 12.9. The number of amides is 1. The van der Waals surface area contributed by atoms with Crippen molar-refractivity contribution in [3.8, 4) is 6.07 Å². The fourth-order valence-electron chi connectivity index (χ4n) is 3.94. The Morgan fingerprint density at radius 3 is 2.57 bits per heavy atom. The molecular weight excluding hydrogens is 506 g/mol. The van der Waals surface area contributed by atoms with E-state index in [0.717, 1.165) is 21.2 Å². The quantitative estimate of drug-likeness (QED) is 0.420. The average molecular weight is 528 g/mol. The molecule has 1 saturated heterocycles. The number of hydrogen-bond acceptors (Lipinski definition) is 8. The predicted octanol–water partition coefficient (Wildman–Crippen LogP) is 5.23. The van der Waals surface area contributed by atoms with Crippen LogP contribution in [0.4, 0.5) is 17.1 Å². The number of rotatable bonds is 6. The predicted molar refractivity (Wildman–Crippen MR) is 147 cm³/mol. The first-order valence-electron chi connectivity index (χ1n) is 11.3. The number of amidine groups is 1. The Balaban J connectivity index is 1.58. The summed E-state index contributed by atoms with van der Waals surface area (Å²) in [6.07, 6.45) is 0. The minimum absolute atomic E-state index is 0.161. The zero-order chi connectivity index (χ0) is 25.9. The maximum Gasteiger partial charge on any atom is 0.322 e. The molecule has 1 amide bonds. The van der Waals surface area contributed by atoms with Crippen LogP contribution in [-0.4, -0.2) is 40.6 Å². The number of aliphatic imine (C=N–C) groups is 1. The minimum Gasteiger partial charge on any atom is -0.480 e. The first kappa shape index (κ1) is 24.5. The number of benzene rings is 3. The average Bonchev–Trinajstić information content (AvgIpc) is 3.40. The van der Waals surface area contributed by atoms with Crippen LogP contribution in [0, 0.1) is 11.3 Å². The molecule has 10 heteroatoms. The number of nitriles is 1. The van der Waals surface area contributed by atoms with Gasteiger partial charge in [0.25, 0.3) is 5.91 Å². The van der Waals surface area contributed by atoms with Crippen molar-refractivity contribution in [3.05, 3.63) is 93.9 Å². The molecule has 8 nitrogen and oxygen atoms in total. The van der Waals surface area contributed by atoms with Crippen LogP contribution in [0.25, 0.3) is 0 Å². The summed E-state index contributed by atoms with van der Waals surface area (Å²) >= 11 is 2.82. The van der Waals surface area contributed by atoms with E-state index in [1.165, 1.54) is 11.8 Å². The fourth-order valence-corrected chi connectivity index (χ4v) is 6.28. The number of carbonyl (C=O) groups excluding carboxylic acids is 1. The van der Waals surface area contributed by atoms with E-state index in [4.69, 9.17) is 10.1 Å². The Kier molecular flexibility index (Phi) is 6.90. The summed E-state index contributed by atoms with van der Waals surface area (Å²) < 4.78 is 0. The van der Waals surface area contributed by atoms with Gasteiger partial charge in [-0.05, 0) is 47.7 Å². The lowest BCUT2D eigenvalue weighted by Crippen LogP contribution is -2.29. The van der Waals surface area contributed by atoms with Gasteiger partial charge in [-0.25, -0.2) is 4.99 Å². The normalized spacial score (nSPS) is 17.7. The highest BCUT2D eigenvalue weighted by Gasteiger charge is 2.39. The second kappa shape index (κ2) is 10.4. The van der Waals surface area contributed by atoms with Gasteiger partial charge in [-0.2, -0.15) is 5.26 Å². The number of para-hydroxylation sites is 1. The second-order valence-corrected chi connectivity index (χ2v) is 10.2. The molecule has 37 heavy (non-hydrogen) atoms. The highest BCUT2D eigenvalue weighted by molar-refractivity contribution is 8.19. The van der Waals surface area contributed by atoms with E-state index in [0.29, 0.717) is 33.6 Å². The summed E-state index contributed by atoms with van der Waals surface area (Å²) in [5.74, 6) is -1.18. The second-order valence-electron chi connectivity index (χ2n) is 8.23. The van der Waals surface area contributed by atoms with Gasteiger partial charge >= 0.3 is 5.97 Å². The van der Waals surface area contributed by atoms with Crippen LogP contribution < -0.4 is 10.2 Å². The molecule has 5 rings (SSSR count). The number of nitrogens with zero attached hydrogens (tertiary/aromatic N) is 4. The number of hydrogen-bond donors (Lipinski definition) is 2. The summed E-state index contributed by atoms with van der Waals surface area (Å²) in [5, 5.41) is 22.7. The summed E-state index contributed by atoms with van der Waals surface area (Å²) in [5.41, 5.74) is 3.20. The number of fused-ring (bicyclic) bond motifs is 1. The zero-order valence-corrected chi connectivity index (χ0v) is 21.3. The number of anilines is 2. The third kappa shape index (κ3) is 5.05. The number of carboxylic acid groups (broad SMARTS) is 1. The molecule has 2 aliphatic heterocycles. The van der Waals surface area contributed by atoms with Gasteiger partial charge in [0.1, 0.15) is 11.4 Å². The summed E-state index contributed by atoms with van der Waals surface area (Å²) in [4.78, 5) is 35.0. The third-order valence-corrected chi connectivity index (χ3v) is 8.18. The van der Waals surface area contributed by atoms with E-state index in [-0.39, 0.29) is 12.5 Å². The lowest BCUT2D eigenvalue weighted by molar-refractivity contribution is -0.135. The van der Waals surface area contributed by atoms with E-state index >= 15 is 0 Å². The van der Waals surface area contributed by atoms with Crippen LogP contribution in [0.5, 0.6) is 0 Å². The van der Waals surface area contributed by atoms with Crippen molar-refractivity contribution in [2.45, 2.75) is 11.4 Å². The molecule has 0 aliphatic carbocycles. The Labute approximate surface area is 222 Å². The molecule has 2 heterocycles. The van der Waals surface area contributed by atoms with Gasteiger partial charge in [-0.1, -0.05) is 54.2 Å². The molecule has 2 aliphatic rings. The Hall–Kier alpha value is -4.20. The largest absolute Gasteiger partial charge is 0.480 e. The van der Waals surface area contributed by atoms with Crippen molar-refractivity contribution in [1.82, 2.24) is 4.90 Å². The van der Waals surface area contributed by atoms with Gasteiger partial charge in [-0.3, -0.25) is 14.5 Å². The van der Waals surface area contributed by atoms with E-state index in [2.05, 4.69) is 11.4 Å². The van der Waals surface area contributed by atoms with Gasteiger partial charge in [0.05, 0.1) is 40.3 Å². The Morgan fingerprint density at radius 2 is 1.84 bits per heavy atom. The van der Waals surface area contributed by atoms with Gasteiger partial charge in [0.2, 0.25) is 0 Å². The summed E-state index contributed by atoms with van der Waals surface area (Å²) in [6.45, 7) is 0.0119. The van der Waals surface area contributed by atoms with Crippen LogP contribution >= 0.6 is 23.5 Å². The van der Waals surface area contributed by atoms with Gasteiger partial charge < -0.3 is 15.3 Å². The van der Waals surface area contributed by atoms with E-state index in [1.807, 2.05) is 66.5 Å². The Morgan fingerprint density at radius 1 is 1.08 bits per heavy atom. The smallest absolute Gasteiger partial charge is 0.322 e. The van der Waals surface area contributed by atoms with Crippen LogP contribution in [0.1, 0.15) is 11.1 Å². The van der Waals surface area contributed by atoms with Crippen LogP contribution in [0.3, 0.4) is 0 Å². The maximum atomic E-state index is 13.8. The highest BCUT2D eigenvalue weighted by Crippen LogP contribution is 2.50. The number of carboxylic acids is 1. The molecular formula is C27H21N5O3S2. The van der Waals surface area contributed by atoms with Gasteiger partial charge in [0.15, 0.2) is 5.17 Å². The van der Waals surface area contributed by atoms with Gasteiger partial charge in [0, 0.05) is 11.9 Å². The van der Waals surface area contributed by atoms with Crippen molar-refractivity contribution >= 4 is 57.6 Å². The standard InChI is InChI=1S/C27H21N5O3S2/c1-31-21-9-5-6-10-22(21)36-26(31)24-25(35)32(16-17-7-3-2-4-8-17)27(37-24)30-20-13-18(14-28)11-12-19(20)29-15-23(33)34/h2-13,29H,15-16H2,1H3,(H,33,34)/b26-24-,30-27?. The molecule has 0 saturated carbocycles. The van der Waals surface area contributed by atoms with Crippen molar-refractivity contribution in [3.63, 3.8) is 0 Å². The lowest BCUT2D eigenvalue weighted by Gasteiger charge is -2.17. The van der Waals surface area contributed by atoms with Crippen LogP contribution in [-0.2, 0) is 16.1 Å². The molecule has 0 bridgehead atoms. The van der Waals surface area contributed by atoms with E-state index < -0.39 is 5.97 Å². The molecule has 3 aromatic rings. The SMILES string of the molecule is CN1/C(=C2/SC(=Nc3cc(C#N)ccc3NCC(=O)O)N(Cc3ccccc3)C2=O)Sc2ccccc21. The molecule has 0 aromatic heterocycles. The molecule has 0 radical (unpaired) electrons. The Bertz CT molecular complexity index is 1500. The molecule has 1 fully saturated rings. The lowest BCUT2D eigenvalue weighted by atomic mass is 10.2. The first-order chi connectivity index (χ1) is 17.9. The summed E-state index contributed by atoms with van der Waals surface area (Å²) in [7, 11) is 1.94. The molecule has 2 N–H and O–H groups in total. The molecule has 0 spiro atoms. The summed E-state index contributed by atoms with van der Waals surface area (Å²) in [6, 6.07) is 24.5. The zero-order valence-electron chi connectivity index (χ0n) is 19.7.